The molecule has 1 saturated heterocycles. The summed E-state index contributed by atoms with van der Waals surface area (Å²) in [6.45, 7) is 5.64. The van der Waals surface area contributed by atoms with E-state index in [1.807, 2.05) is 11.9 Å². The summed E-state index contributed by atoms with van der Waals surface area (Å²) in [4.78, 5) is 15.7. The minimum Gasteiger partial charge on any atom is -0.379 e. The van der Waals surface area contributed by atoms with Crippen LogP contribution in [0.1, 0.15) is 12.8 Å². The molecule has 0 bridgehead atoms. The first-order valence-electron chi connectivity index (χ1n) is 6.56. The van der Waals surface area contributed by atoms with Gasteiger partial charge in [-0.2, -0.15) is 0 Å². The van der Waals surface area contributed by atoms with Crippen LogP contribution in [-0.4, -0.2) is 68.8 Å². The summed E-state index contributed by atoms with van der Waals surface area (Å²) >= 11 is 0. The summed E-state index contributed by atoms with van der Waals surface area (Å²) in [5.74, 6) is 0.796. The zero-order valence-corrected chi connectivity index (χ0v) is 10.7. The number of carbonyl (C=O) groups is 1. The molecule has 1 aliphatic carbocycles. The SMILES string of the molecule is CN(CCOCC1CC1)C(=O)N1CCNCC1. The number of nitrogens with one attached hydrogen (secondary N) is 1. The number of ether oxygens (including phenoxy) is 1. The van der Waals surface area contributed by atoms with E-state index < -0.39 is 0 Å². The highest BCUT2D eigenvalue weighted by molar-refractivity contribution is 5.74. The number of piperazine rings is 1. The number of nitrogens with zero attached hydrogens (tertiary/aromatic N) is 2. The molecule has 2 fully saturated rings. The van der Waals surface area contributed by atoms with Crippen molar-refractivity contribution in [2.24, 2.45) is 5.92 Å². The van der Waals surface area contributed by atoms with E-state index in [4.69, 9.17) is 4.74 Å². The zero-order valence-electron chi connectivity index (χ0n) is 10.7. The summed E-state index contributed by atoms with van der Waals surface area (Å²) < 4.78 is 5.54. The maximum atomic E-state index is 12.0. The molecular weight excluding hydrogens is 218 g/mol. The minimum absolute atomic E-state index is 0.126. The second kappa shape index (κ2) is 6.21. The Morgan fingerprint density at radius 1 is 1.41 bits per heavy atom. The van der Waals surface area contributed by atoms with Crippen LogP contribution in [0.3, 0.4) is 0 Å². The second-order valence-corrected chi connectivity index (χ2v) is 4.96. The number of hydrogen-bond acceptors (Lipinski definition) is 3. The van der Waals surface area contributed by atoms with Crippen LogP contribution < -0.4 is 5.32 Å². The molecule has 0 radical (unpaired) electrons. The van der Waals surface area contributed by atoms with E-state index in [0.29, 0.717) is 13.2 Å². The Morgan fingerprint density at radius 3 is 2.76 bits per heavy atom. The quantitative estimate of drug-likeness (QED) is 0.707. The van der Waals surface area contributed by atoms with Crippen LogP contribution in [0.15, 0.2) is 0 Å². The average Bonchev–Trinajstić information content (AvgIpc) is 3.18. The number of carbonyl (C=O) groups excluding carboxylic acids is 1. The van der Waals surface area contributed by atoms with E-state index in [1.165, 1.54) is 12.8 Å². The Balaban J connectivity index is 1.59. The van der Waals surface area contributed by atoms with Gasteiger partial charge in [0.15, 0.2) is 0 Å². The fourth-order valence-electron chi connectivity index (χ4n) is 1.93. The van der Waals surface area contributed by atoms with Crippen molar-refractivity contribution < 1.29 is 9.53 Å². The Labute approximate surface area is 103 Å². The lowest BCUT2D eigenvalue weighted by atomic mass is 10.4. The smallest absolute Gasteiger partial charge is 0.319 e. The molecule has 1 saturated carbocycles. The van der Waals surface area contributed by atoms with Crippen molar-refractivity contribution in [3.05, 3.63) is 0 Å². The predicted molar refractivity (Wildman–Crippen MR) is 66.0 cm³/mol. The summed E-state index contributed by atoms with van der Waals surface area (Å²) in [6.07, 6.45) is 2.63. The van der Waals surface area contributed by atoms with E-state index in [2.05, 4.69) is 5.32 Å². The maximum absolute atomic E-state index is 12.0. The third-order valence-corrected chi connectivity index (χ3v) is 3.34. The van der Waals surface area contributed by atoms with Crippen molar-refractivity contribution >= 4 is 6.03 Å². The molecule has 17 heavy (non-hydrogen) atoms. The maximum Gasteiger partial charge on any atom is 0.319 e. The molecule has 0 spiro atoms. The Hall–Kier alpha value is -0.810. The monoisotopic (exact) mass is 241 g/mol. The van der Waals surface area contributed by atoms with Crippen molar-refractivity contribution in [2.75, 3.05) is 53.0 Å². The van der Waals surface area contributed by atoms with Gasteiger partial charge in [0, 0.05) is 46.4 Å². The first-order valence-corrected chi connectivity index (χ1v) is 6.56. The molecule has 98 valence electrons. The number of urea groups is 1. The molecule has 2 rings (SSSR count). The van der Waals surface area contributed by atoms with Gasteiger partial charge in [-0.25, -0.2) is 4.79 Å². The van der Waals surface area contributed by atoms with E-state index in [1.54, 1.807) is 4.90 Å². The van der Waals surface area contributed by atoms with E-state index >= 15 is 0 Å². The van der Waals surface area contributed by atoms with Crippen molar-refractivity contribution in [1.82, 2.24) is 15.1 Å². The molecule has 0 aromatic heterocycles. The van der Waals surface area contributed by atoms with Gasteiger partial charge in [-0.3, -0.25) is 0 Å². The Bertz CT molecular complexity index is 250. The first-order chi connectivity index (χ1) is 8.27. The van der Waals surface area contributed by atoms with Crippen LogP contribution in [-0.2, 0) is 4.74 Å². The van der Waals surface area contributed by atoms with Crippen molar-refractivity contribution in [3.63, 3.8) is 0 Å². The Morgan fingerprint density at radius 2 is 2.12 bits per heavy atom. The predicted octanol–water partition coefficient (Wildman–Crippen LogP) is 0.370. The van der Waals surface area contributed by atoms with E-state index in [0.717, 1.165) is 38.7 Å². The highest BCUT2D eigenvalue weighted by Crippen LogP contribution is 2.28. The average molecular weight is 241 g/mol. The molecule has 0 aromatic carbocycles. The van der Waals surface area contributed by atoms with E-state index in [-0.39, 0.29) is 6.03 Å². The third kappa shape index (κ3) is 4.16. The lowest BCUT2D eigenvalue weighted by molar-refractivity contribution is 0.0983. The topological polar surface area (TPSA) is 44.8 Å². The van der Waals surface area contributed by atoms with Crippen LogP contribution in [0.5, 0.6) is 0 Å². The van der Waals surface area contributed by atoms with Crippen LogP contribution in [0.4, 0.5) is 4.79 Å². The van der Waals surface area contributed by atoms with Crippen LogP contribution in [0, 0.1) is 5.92 Å². The second-order valence-electron chi connectivity index (χ2n) is 4.96. The fourth-order valence-corrected chi connectivity index (χ4v) is 1.93. The van der Waals surface area contributed by atoms with Gasteiger partial charge in [0.05, 0.1) is 6.61 Å². The van der Waals surface area contributed by atoms with Crippen LogP contribution >= 0.6 is 0 Å². The normalized spacial score (nSPS) is 20.4. The van der Waals surface area contributed by atoms with Gasteiger partial charge in [-0.05, 0) is 18.8 Å². The van der Waals surface area contributed by atoms with Gasteiger partial charge in [0.2, 0.25) is 0 Å². The van der Waals surface area contributed by atoms with Crippen LogP contribution in [0.2, 0.25) is 0 Å². The number of amides is 2. The summed E-state index contributed by atoms with van der Waals surface area (Å²) in [7, 11) is 1.85. The highest BCUT2D eigenvalue weighted by Gasteiger charge is 2.22. The van der Waals surface area contributed by atoms with Gasteiger partial charge in [-0.1, -0.05) is 0 Å². The van der Waals surface area contributed by atoms with Gasteiger partial charge in [0.25, 0.3) is 0 Å². The first kappa shape index (κ1) is 12.6. The van der Waals surface area contributed by atoms with Crippen LogP contribution in [0.25, 0.3) is 0 Å². The number of likely N-dealkylation sites (N-methyl/N-ethyl adjacent to an activating group) is 1. The molecule has 5 heteroatoms. The number of hydrogen-bond donors (Lipinski definition) is 1. The van der Waals surface area contributed by atoms with Gasteiger partial charge in [0.1, 0.15) is 0 Å². The van der Waals surface area contributed by atoms with E-state index in [9.17, 15) is 4.79 Å². The van der Waals surface area contributed by atoms with Crippen molar-refractivity contribution in [2.45, 2.75) is 12.8 Å². The summed E-state index contributed by atoms with van der Waals surface area (Å²) in [5, 5.41) is 3.24. The molecule has 5 nitrogen and oxygen atoms in total. The molecule has 0 unspecified atom stereocenters. The molecule has 1 heterocycles. The summed E-state index contributed by atoms with van der Waals surface area (Å²) in [5.41, 5.74) is 0. The molecule has 1 N–H and O–H groups in total. The molecule has 2 amide bonds. The molecule has 2 aliphatic rings. The Kier molecular flexibility index (Phi) is 4.62. The minimum atomic E-state index is 0.126. The molecule has 0 aromatic rings. The van der Waals surface area contributed by atoms with Gasteiger partial charge < -0.3 is 19.9 Å². The highest BCUT2D eigenvalue weighted by atomic mass is 16.5. The van der Waals surface area contributed by atoms with Gasteiger partial charge >= 0.3 is 6.03 Å². The fraction of sp³-hybridized carbons (Fsp3) is 0.917. The third-order valence-electron chi connectivity index (χ3n) is 3.34. The van der Waals surface area contributed by atoms with Crippen molar-refractivity contribution in [3.8, 4) is 0 Å². The lowest BCUT2D eigenvalue weighted by Crippen LogP contribution is -2.51. The standard InChI is InChI=1S/C12H23N3O2/c1-14(8-9-17-10-11-2-3-11)12(16)15-6-4-13-5-7-15/h11,13H,2-10H2,1H3. The molecule has 1 aliphatic heterocycles. The summed E-state index contributed by atoms with van der Waals surface area (Å²) in [6, 6.07) is 0.126. The molecular formula is C12H23N3O2. The number of rotatable bonds is 5. The van der Waals surface area contributed by atoms with Gasteiger partial charge in [-0.15, -0.1) is 0 Å². The van der Waals surface area contributed by atoms with Crippen molar-refractivity contribution in [1.29, 1.82) is 0 Å². The molecule has 0 atom stereocenters. The lowest BCUT2D eigenvalue weighted by Gasteiger charge is -2.31. The largest absolute Gasteiger partial charge is 0.379 e. The zero-order chi connectivity index (χ0) is 12.1.